The quantitative estimate of drug-likeness (QED) is 0.268. The average molecular weight is 397 g/mol. The van der Waals surface area contributed by atoms with Gasteiger partial charge in [-0.25, -0.2) is 4.98 Å². The minimum absolute atomic E-state index is 0.0789. The molecular weight excluding hydrogens is 370 g/mol. The Morgan fingerprint density at radius 3 is 2.69 bits per heavy atom. The molecule has 6 N–H and O–H groups in total. The highest BCUT2D eigenvalue weighted by molar-refractivity contribution is 5.99. The van der Waals surface area contributed by atoms with Crippen LogP contribution in [0.25, 0.3) is 0 Å². The number of nitrogens with two attached hydrogens (primary N) is 2. The highest BCUT2D eigenvalue weighted by Crippen LogP contribution is 2.22. The summed E-state index contributed by atoms with van der Waals surface area (Å²) in [5.41, 5.74) is 11.9. The van der Waals surface area contributed by atoms with Gasteiger partial charge in [-0.05, 0) is 37.1 Å². The molecule has 1 saturated heterocycles. The Bertz CT molecular complexity index is 810. The Hall–Kier alpha value is -3.57. The number of nitrogens with zero attached hydrogens (tertiary/aromatic N) is 2. The van der Waals surface area contributed by atoms with Gasteiger partial charge in [0, 0.05) is 24.0 Å². The minimum atomic E-state index is -0.146. The maximum atomic E-state index is 12.7. The fourth-order valence-electron chi connectivity index (χ4n) is 2.89. The second-order valence-electron chi connectivity index (χ2n) is 6.01. The second kappa shape index (κ2) is 12.8. The first kappa shape index (κ1) is 23.5. The number of carbonyl (C=O) groups excluding carboxylic acids is 1. The van der Waals surface area contributed by atoms with Crippen molar-refractivity contribution in [1.82, 2.24) is 9.88 Å². The third-order valence-corrected chi connectivity index (χ3v) is 4.16. The molecule has 1 aliphatic rings. The van der Waals surface area contributed by atoms with E-state index in [1.807, 2.05) is 12.1 Å². The Morgan fingerprint density at radius 1 is 1.34 bits per heavy atom. The number of para-hydroxylation sites is 1. The molecule has 8 heteroatoms. The molecule has 1 amide bonds. The van der Waals surface area contributed by atoms with Gasteiger partial charge < -0.3 is 26.2 Å². The van der Waals surface area contributed by atoms with Crippen LogP contribution in [-0.2, 0) is 6.61 Å². The highest BCUT2D eigenvalue weighted by Gasteiger charge is 2.27. The minimum Gasteiger partial charge on any atom is -0.472 e. The predicted octanol–water partition coefficient (Wildman–Crippen LogP) is 1.64. The number of aliphatic hydroxyl groups is 1. The summed E-state index contributed by atoms with van der Waals surface area (Å²) in [6.45, 7) is 1.04. The van der Waals surface area contributed by atoms with Gasteiger partial charge in [-0.15, -0.1) is 12.8 Å². The molecule has 1 aromatic heterocycles. The van der Waals surface area contributed by atoms with E-state index in [2.05, 4.69) is 23.6 Å². The van der Waals surface area contributed by atoms with E-state index in [1.54, 1.807) is 35.4 Å². The molecule has 154 valence electrons. The van der Waals surface area contributed by atoms with Crippen molar-refractivity contribution in [2.75, 3.05) is 18.8 Å². The van der Waals surface area contributed by atoms with Gasteiger partial charge in [0.2, 0.25) is 5.88 Å². The van der Waals surface area contributed by atoms with Crippen LogP contribution in [0.4, 0.5) is 5.69 Å². The van der Waals surface area contributed by atoms with Gasteiger partial charge in [0.15, 0.2) is 0 Å². The van der Waals surface area contributed by atoms with E-state index in [-0.39, 0.29) is 18.6 Å². The van der Waals surface area contributed by atoms with Gasteiger partial charge >= 0.3 is 0 Å². The second-order valence-corrected chi connectivity index (χ2v) is 6.01. The van der Waals surface area contributed by atoms with Gasteiger partial charge in [0.1, 0.15) is 6.10 Å². The van der Waals surface area contributed by atoms with Crippen LogP contribution < -0.4 is 16.2 Å². The molecule has 0 aliphatic carbocycles. The fourth-order valence-corrected chi connectivity index (χ4v) is 2.89. The number of carbonyl (C=O) groups is 1. The van der Waals surface area contributed by atoms with Crippen molar-refractivity contribution in [2.45, 2.75) is 25.6 Å². The number of benzene rings is 1. The highest BCUT2D eigenvalue weighted by atomic mass is 16.5. The van der Waals surface area contributed by atoms with Gasteiger partial charge in [-0.3, -0.25) is 10.2 Å². The van der Waals surface area contributed by atoms with Gasteiger partial charge in [0.25, 0.3) is 5.91 Å². The molecule has 2 aromatic rings. The summed E-state index contributed by atoms with van der Waals surface area (Å²) in [7, 11) is 0. The smallest absolute Gasteiger partial charge is 0.256 e. The van der Waals surface area contributed by atoms with E-state index < -0.39 is 0 Å². The largest absolute Gasteiger partial charge is 0.472 e. The van der Waals surface area contributed by atoms with Crippen LogP contribution in [0.1, 0.15) is 28.8 Å². The number of nitrogen functional groups attached to an aromatic ring is 1. The number of anilines is 1. The molecule has 0 bridgehead atoms. The maximum absolute atomic E-state index is 12.7. The van der Waals surface area contributed by atoms with Crippen molar-refractivity contribution in [3.05, 3.63) is 53.7 Å². The molecular formula is C21H27N5O3. The summed E-state index contributed by atoms with van der Waals surface area (Å²) in [4.78, 5) is 18.6. The number of aliphatic hydroxyl groups excluding tert-OH is 1. The molecule has 1 aliphatic heterocycles. The number of hydrogen-bond acceptors (Lipinski definition) is 6. The summed E-state index contributed by atoms with van der Waals surface area (Å²) < 4.78 is 5.93. The number of hydrogen-bond donors (Lipinski definition) is 4. The van der Waals surface area contributed by atoms with Gasteiger partial charge in [0.05, 0.1) is 25.1 Å². The van der Waals surface area contributed by atoms with Crippen molar-refractivity contribution in [3.63, 3.8) is 0 Å². The SMILES string of the molecule is C#C.N=CN.Nc1ccccc1C(=O)N1CCC[C@@H](Oc2ncccc2CO)C1. The third kappa shape index (κ3) is 6.83. The van der Waals surface area contributed by atoms with Crippen LogP contribution in [0.2, 0.25) is 0 Å². The first-order valence-corrected chi connectivity index (χ1v) is 8.99. The molecule has 1 atom stereocenters. The zero-order valence-electron chi connectivity index (χ0n) is 16.2. The van der Waals surface area contributed by atoms with E-state index in [0.29, 0.717) is 35.8 Å². The summed E-state index contributed by atoms with van der Waals surface area (Å²) in [6, 6.07) is 10.6. The molecule has 1 aromatic carbocycles. The summed E-state index contributed by atoms with van der Waals surface area (Å²) >= 11 is 0. The van der Waals surface area contributed by atoms with Crippen molar-refractivity contribution >= 4 is 17.9 Å². The lowest BCUT2D eigenvalue weighted by Gasteiger charge is -2.33. The van der Waals surface area contributed by atoms with Crippen LogP contribution in [0.15, 0.2) is 42.6 Å². The third-order valence-electron chi connectivity index (χ3n) is 4.16. The predicted molar refractivity (Wildman–Crippen MR) is 113 cm³/mol. The number of piperidine rings is 1. The fraction of sp³-hybridized carbons (Fsp3) is 0.286. The van der Waals surface area contributed by atoms with Crippen LogP contribution in [0, 0.1) is 18.3 Å². The summed E-state index contributed by atoms with van der Waals surface area (Å²) in [6.07, 6.45) is 11.9. The lowest BCUT2D eigenvalue weighted by molar-refractivity contribution is 0.0522. The summed E-state index contributed by atoms with van der Waals surface area (Å²) in [5, 5.41) is 15.2. The van der Waals surface area contributed by atoms with Crippen molar-refractivity contribution < 1.29 is 14.6 Å². The van der Waals surface area contributed by atoms with E-state index in [9.17, 15) is 9.90 Å². The van der Waals surface area contributed by atoms with Gasteiger partial charge in [-0.2, -0.15) is 0 Å². The molecule has 8 nitrogen and oxygen atoms in total. The maximum Gasteiger partial charge on any atom is 0.256 e. The number of ether oxygens (including phenoxy) is 1. The number of aromatic nitrogens is 1. The molecule has 0 unspecified atom stereocenters. The standard InChI is InChI=1S/C18H21N3O3.C2H2.CH4N2/c19-16-8-2-1-7-15(16)18(23)21-10-4-6-14(11-21)24-17-13(12-22)5-3-9-20-17;1-2;2-1-3/h1-3,5,7-9,14,22H,4,6,10-12,19H2;1-2H;1H,(H3,2,3)/t14-;;/m1../s1. The Balaban J connectivity index is 0.000000771. The molecule has 29 heavy (non-hydrogen) atoms. The first-order chi connectivity index (χ1) is 14.1. The Labute approximate surface area is 171 Å². The topological polar surface area (TPSA) is 139 Å². The van der Waals surface area contributed by atoms with E-state index in [1.165, 1.54) is 0 Å². The molecule has 2 heterocycles. The van der Waals surface area contributed by atoms with Crippen molar-refractivity contribution in [2.24, 2.45) is 5.73 Å². The Morgan fingerprint density at radius 2 is 2.03 bits per heavy atom. The molecule has 3 rings (SSSR count). The molecule has 1 fully saturated rings. The molecule has 0 spiro atoms. The van der Waals surface area contributed by atoms with E-state index in [0.717, 1.165) is 19.2 Å². The number of rotatable bonds is 4. The normalized spacial score (nSPS) is 15.0. The van der Waals surface area contributed by atoms with Crippen LogP contribution in [-0.4, -0.2) is 46.4 Å². The van der Waals surface area contributed by atoms with Crippen LogP contribution in [0.5, 0.6) is 5.88 Å². The van der Waals surface area contributed by atoms with E-state index >= 15 is 0 Å². The average Bonchev–Trinajstić information content (AvgIpc) is 2.76. The number of terminal acetylenes is 1. The number of pyridine rings is 1. The van der Waals surface area contributed by atoms with Crippen molar-refractivity contribution in [1.29, 1.82) is 5.41 Å². The number of likely N-dealkylation sites (tertiary alicyclic amines) is 1. The molecule has 0 radical (unpaired) electrons. The Kier molecular flexibility index (Phi) is 10.3. The zero-order chi connectivity index (χ0) is 21.6. The number of amides is 1. The molecule has 0 saturated carbocycles. The monoisotopic (exact) mass is 397 g/mol. The van der Waals surface area contributed by atoms with E-state index in [4.69, 9.17) is 15.9 Å². The van der Waals surface area contributed by atoms with Gasteiger partial charge in [-0.1, -0.05) is 12.1 Å². The first-order valence-electron chi connectivity index (χ1n) is 8.99. The zero-order valence-corrected chi connectivity index (χ0v) is 16.2. The lowest BCUT2D eigenvalue weighted by Crippen LogP contribution is -2.44. The van der Waals surface area contributed by atoms with Crippen LogP contribution >= 0.6 is 0 Å². The number of nitrogens with one attached hydrogen (secondary N) is 1. The van der Waals surface area contributed by atoms with Crippen molar-refractivity contribution in [3.8, 4) is 18.7 Å². The van der Waals surface area contributed by atoms with Crippen LogP contribution in [0.3, 0.4) is 0 Å². The lowest BCUT2D eigenvalue weighted by atomic mass is 10.1. The summed E-state index contributed by atoms with van der Waals surface area (Å²) in [5.74, 6) is 0.350.